The van der Waals surface area contributed by atoms with Gasteiger partial charge in [0.1, 0.15) is 5.60 Å². The number of esters is 1. The molecular weight excluding hydrogens is 322 g/mol. The number of nitrogens with one attached hydrogen (secondary N) is 1. The van der Waals surface area contributed by atoms with Gasteiger partial charge in [-0.3, -0.25) is 4.79 Å². The first-order valence-corrected chi connectivity index (χ1v) is 8.51. The summed E-state index contributed by atoms with van der Waals surface area (Å²) >= 11 is 0. The van der Waals surface area contributed by atoms with Crippen molar-refractivity contribution in [2.24, 2.45) is 0 Å². The van der Waals surface area contributed by atoms with Crippen LogP contribution in [0.3, 0.4) is 0 Å². The third-order valence-corrected chi connectivity index (χ3v) is 4.17. The van der Waals surface area contributed by atoms with Gasteiger partial charge in [0.25, 0.3) is 0 Å². The van der Waals surface area contributed by atoms with E-state index in [-0.39, 0.29) is 17.9 Å². The molecule has 1 rings (SSSR count). The van der Waals surface area contributed by atoms with Crippen LogP contribution in [0.1, 0.15) is 27.2 Å². The average Bonchev–Trinajstić information content (AvgIpc) is 2.44. The standard InChI is InChI=1S/C15H23NO6S/c1-15(2,3)22-14(17)8-9-16-23(18,19)11-6-7-12(20-4)13(10-11)21-5/h6-7,10,16H,8-9H2,1-5H3. The lowest BCUT2D eigenvalue weighted by Gasteiger charge is -2.19. The summed E-state index contributed by atoms with van der Waals surface area (Å²) in [5, 5.41) is 0. The minimum absolute atomic E-state index is 0.0272. The van der Waals surface area contributed by atoms with Crippen LogP contribution < -0.4 is 14.2 Å². The summed E-state index contributed by atoms with van der Waals surface area (Å²) in [6.07, 6.45) is -0.0518. The third kappa shape index (κ3) is 6.07. The molecule has 1 aromatic rings. The number of sulfonamides is 1. The summed E-state index contributed by atoms with van der Waals surface area (Å²) < 4.78 is 42.0. The minimum atomic E-state index is -3.75. The summed E-state index contributed by atoms with van der Waals surface area (Å²) in [5.74, 6) is 0.273. The number of benzene rings is 1. The highest BCUT2D eigenvalue weighted by Gasteiger charge is 2.19. The molecule has 0 spiro atoms. The maximum atomic E-state index is 12.2. The van der Waals surface area contributed by atoms with Gasteiger partial charge in [-0.1, -0.05) is 0 Å². The second-order valence-electron chi connectivity index (χ2n) is 5.75. The van der Waals surface area contributed by atoms with Crippen LogP contribution in [-0.2, 0) is 19.6 Å². The molecule has 0 aromatic heterocycles. The molecule has 0 aliphatic rings. The SMILES string of the molecule is COc1ccc(S(=O)(=O)NCCC(=O)OC(C)(C)C)cc1OC. The molecule has 0 heterocycles. The van der Waals surface area contributed by atoms with Crippen molar-refractivity contribution in [2.75, 3.05) is 20.8 Å². The maximum absolute atomic E-state index is 12.2. The molecule has 0 unspecified atom stereocenters. The van der Waals surface area contributed by atoms with E-state index in [0.717, 1.165) is 0 Å². The zero-order valence-corrected chi connectivity index (χ0v) is 14.8. The van der Waals surface area contributed by atoms with Crippen LogP contribution in [0.4, 0.5) is 0 Å². The zero-order valence-electron chi connectivity index (χ0n) is 14.0. The second-order valence-corrected chi connectivity index (χ2v) is 7.52. The molecule has 0 aliphatic heterocycles. The molecule has 0 aliphatic carbocycles. The fraction of sp³-hybridized carbons (Fsp3) is 0.533. The molecule has 0 bridgehead atoms. The second kappa shape index (κ2) is 7.65. The van der Waals surface area contributed by atoms with Crippen LogP contribution in [0, 0.1) is 0 Å². The van der Waals surface area contributed by atoms with E-state index >= 15 is 0 Å². The van der Waals surface area contributed by atoms with Crippen molar-refractivity contribution < 1.29 is 27.4 Å². The number of carbonyl (C=O) groups is 1. The van der Waals surface area contributed by atoms with Crippen molar-refractivity contribution in [1.82, 2.24) is 4.72 Å². The Kier molecular flexibility index (Phi) is 6.40. The predicted octanol–water partition coefficient (Wildman–Crippen LogP) is 1.71. The highest BCUT2D eigenvalue weighted by atomic mass is 32.2. The van der Waals surface area contributed by atoms with E-state index in [2.05, 4.69) is 4.72 Å². The van der Waals surface area contributed by atoms with Gasteiger partial charge in [-0.05, 0) is 32.9 Å². The zero-order chi connectivity index (χ0) is 17.7. The van der Waals surface area contributed by atoms with Crippen molar-refractivity contribution in [3.63, 3.8) is 0 Å². The van der Waals surface area contributed by atoms with Gasteiger partial charge in [0, 0.05) is 12.6 Å². The highest BCUT2D eigenvalue weighted by molar-refractivity contribution is 7.89. The lowest BCUT2D eigenvalue weighted by atomic mass is 10.2. The molecule has 8 heteroatoms. The monoisotopic (exact) mass is 345 g/mol. The Morgan fingerprint density at radius 3 is 2.26 bits per heavy atom. The van der Waals surface area contributed by atoms with Gasteiger partial charge < -0.3 is 14.2 Å². The minimum Gasteiger partial charge on any atom is -0.493 e. The Hall–Kier alpha value is -1.80. The number of ether oxygens (including phenoxy) is 3. The quantitative estimate of drug-likeness (QED) is 0.757. The Morgan fingerprint density at radius 1 is 1.13 bits per heavy atom. The first-order valence-electron chi connectivity index (χ1n) is 7.02. The van der Waals surface area contributed by atoms with Crippen molar-refractivity contribution in [1.29, 1.82) is 0 Å². The van der Waals surface area contributed by atoms with Crippen molar-refractivity contribution in [3.8, 4) is 11.5 Å². The molecule has 7 nitrogen and oxygen atoms in total. The van der Waals surface area contributed by atoms with Crippen molar-refractivity contribution in [2.45, 2.75) is 37.7 Å². The van der Waals surface area contributed by atoms with Gasteiger partial charge in [0.05, 0.1) is 25.5 Å². The molecule has 1 N–H and O–H groups in total. The Bertz CT molecular complexity index is 648. The maximum Gasteiger partial charge on any atom is 0.307 e. The lowest BCUT2D eigenvalue weighted by molar-refractivity contribution is -0.154. The van der Waals surface area contributed by atoms with E-state index in [1.807, 2.05) is 0 Å². The Morgan fingerprint density at radius 2 is 1.74 bits per heavy atom. The number of hydrogen-bond donors (Lipinski definition) is 1. The van der Waals surface area contributed by atoms with Gasteiger partial charge in [0.2, 0.25) is 10.0 Å². The first-order chi connectivity index (χ1) is 10.6. The van der Waals surface area contributed by atoms with E-state index in [4.69, 9.17) is 14.2 Å². The lowest BCUT2D eigenvalue weighted by Crippen LogP contribution is -2.29. The summed E-state index contributed by atoms with van der Waals surface area (Å²) in [7, 11) is -0.866. The summed E-state index contributed by atoms with van der Waals surface area (Å²) in [6.45, 7) is 5.20. The summed E-state index contributed by atoms with van der Waals surface area (Å²) in [5.41, 5.74) is -0.598. The molecule has 0 radical (unpaired) electrons. The number of rotatable bonds is 7. The van der Waals surface area contributed by atoms with Crippen LogP contribution in [-0.4, -0.2) is 40.8 Å². The molecule has 0 atom stereocenters. The molecule has 130 valence electrons. The number of carbonyl (C=O) groups excluding carboxylic acids is 1. The van der Waals surface area contributed by atoms with E-state index < -0.39 is 21.6 Å². The van der Waals surface area contributed by atoms with Gasteiger partial charge in [-0.25, -0.2) is 13.1 Å². The van der Waals surface area contributed by atoms with Gasteiger partial charge >= 0.3 is 5.97 Å². The molecule has 23 heavy (non-hydrogen) atoms. The summed E-state index contributed by atoms with van der Waals surface area (Å²) in [4.78, 5) is 11.6. The van der Waals surface area contributed by atoms with Crippen LogP contribution >= 0.6 is 0 Å². The molecule has 0 amide bonds. The molecule has 0 saturated carbocycles. The van der Waals surface area contributed by atoms with E-state index in [1.165, 1.54) is 32.4 Å². The van der Waals surface area contributed by atoms with Gasteiger partial charge in [0.15, 0.2) is 11.5 Å². The molecule has 0 saturated heterocycles. The topological polar surface area (TPSA) is 90.9 Å². The van der Waals surface area contributed by atoms with E-state index in [0.29, 0.717) is 11.5 Å². The first kappa shape index (κ1) is 19.2. The van der Waals surface area contributed by atoms with Gasteiger partial charge in [-0.15, -0.1) is 0 Å². The Labute approximate surface area is 137 Å². The largest absolute Gasteiger partial charge is 0.493 e. The van der Waals surface area contributed by atoms with Crippen molar-refractivity contribution in [3.05, 3.63) is 18.2 Å². The predicted molar refractivity (Wildman–Crippen MR) is 85.2 cm³/mol. The molecular formula is C15H23NO6S. The van der Waals surface area contributed by atoms with Crippen LogP contribution in [0.2, 0.25) is 0 Å². The normalized spacial score (nSPS) is 11.9. The number of hydrogen-bond acceptors (Lipinski definition) is 6. The van der Waals surface area contributed by atoms with E-state index in [9.17, 15) is 13.2 Å². The molecule has 1 aromatic carbocycles. The van der Waals surface area contributed by atoms with E-state index in [1.54, 1.807) is 20.8 Å². The van der Waals surface area contributed by atoms with Crippen LogP contribution in [0.25, 0.3) is 0 Å². The number of methoxy groups -OCH3 is 2. The fourth-order valence-corrected chi connectivity index (χ4v) is 2.79. The van der Waals surface area contributed by atoms with Crippen LogP contribution in [0.5, 0.6) is 11.5 Å². The van der Waals surface area contributed by atoms with Crippen LogP contribution in [0.15, 0.2) is 23.1 Å². The average molecular weight is 345 g/mol. The third-order valence-electron chi connectivity index (χ3n) is 2.71. The highest BCUT2D eigenvalue weighted by Crippen LogP contribution is 2.29. The smallest absolute Gasteiger partial charge is 0.307 e. The fourth-order valence-electron chi connectivity index (χ4n) is 1.75. The van der Waals surface area contributed by atoms with Crippen molar-refractivity contribution >= 4 is 16.0 Å². The molecule has 0 fully saturated rings. The van der Waals surface area contributed by atoms with Gasteiger partial charge in [-0.2, -0.15) is 0 Å². The Balaban J connectivity index is 2.71. The summed E-state index contributed by atoms with van der Waals surface area (Å²) in [6, 6.07) is 4.26.